The highest BCUT2D eigenvalue weighted by atomic mass is 16.6. The van der Waals surface area contributed by atoms with Crippen LogP contribution < -0.4 is 0 Å². The summed E-state index contributed by atoms with van der Waals surface area (Å²) in [4.78, 5) is 22.1. The summed E-state index contributed by atoms with van der Waals surface area (Å²) in [6, 6.07) is 0. The molecule has 0 aromatic rings. The van der Waals surface area contributed by atoms with Gasteiger partial charge in [0.2, 0.25) is 0 Å². The zero-order chi connectivity index (χ0) is 15.4. The first-order chi connectivity index (χ1) is 9.27. The molecule has 116 valence electrons. The largest absolute Gasteiger partial charge is 0.436 e. The molecule has 0 radical (unpaired) electrons. The fraction of sp³-hybridized carbons (Fsp3) is 0.833. The number of amides is 2. The lowest BCUT2D eigenvalue weighted by Gasteiger charge is -2.34. The van der Waals surface area contributed by atoms with Crippen molar-refractivity contribution in [2.75, 3.05) is 13.7 Å². The van der Waals surface area contributed by atoms with E-state index in [1.54, 1.807) is 13.8 Å². The lowest BCUT2D eigenvalue weighted by Crippen LogP contribution is -2.49. The number of rotatable bonds is 1. The van der Waals surface area contributed by atoms with E-state index in [-0.39, 0.29) is 18.6 Å². The molecule has 0 aliphatic carbocycles. The Hall–Kier alpha value is -1.22. The maximum atomic E-state index is 10.7. The van der Waals surface area contributed by atoms with Crippen LogP contribution in [-0.4, -0.2) is 76.4 Å². The number of carbonyl (C=O) groups excluding carboxylic acids is 2. The molecule has 20 heavy (non-hydrogen) atoms. The number of aliphatic hydroxyl groups excluding tert-OH is 3. The van der Waals surface area contributed by atoms with Gasteiger partial charge < -0.3 is 24.8 Å². The van der Waals surface area contributed by atoms with Crippen LogP contribution in [0.3, 0.4) is 0 Å². The third-order valence-corrected chi connectivity index (χ3v) is 3.17. The summed E-state index contributed by atoms with van der Waals surface area (Å²) in [7, 11) is 1.40. The second-order valence-electron chi connectivity index (χ2n) is 4.88. The van der Waals surface area contributed by atoms with Gasteiger partial charge in [-0.25, -0.2) is 9.69 Å². The normalized spacial score (nSPS) is 37.3. The molecule has 8 heteroatoms. The van der Waals surface area contributed by atoms with E-state index in [9.17, 15) is 19.8 Å². The standard InChI is InChI=1S/C7H14O4.C5H7NO3/c1-4-2-5(9)7(10)6(3-8)11-4;1-3-4(7)6(2)5(8)9-3/h4-10H,2-3H2,1H3;3H,1-2H3. The molecule has 8 nitrogen and oxygen atoms in total. The number of hydrogen-bond acceptors (Lipinski definition) is 7. The van der Waals surface area contributed by atoms with Crippen LogP contribution >= 0.6 is 0 Å². The van der Waals surface area contributed by atoms with Gasteiger partial charge in [-0.1, -0.05) is 0 Å². The van der Waals surface area contributed by atoms with Crippen LogP contribution in [0.4, 0.5) is 4.79 Å². The Balaban J connectivity index is 0.000000204. The Morgan fingerprint density at radius 2 is 1.90 bits per heavy atom. The second-order valence-corrected chi connectivity index (χ2v) is 4.88. The predicted octanol–water partition coefficient (Wildman–Crippen LogP) is -1.14. The van der Waals surface area contributed by atoms with E-state index >= 15 is 0 Å². The number of cyclic esters (lactones) is 1. The minimum atomic E-state index is -0.948. The summed E-state index contributed by atoms with van der Waals surface area (Å²) < 4.78 is 9.68. The van der Waals surface area contributed by atoms with Gasteiger partial charge >= 0.3 is 6.09 Å². The zero-order valence-electron chi connectivity index (χ0n) is 11.7. The predicted molar refractivity (Wildman–Crippen MR) is 66.8 cm³/mol. The molecule has 0 bridgehead atoms. The van der Waals surface area contributed by atoms with Crippen molar-refractivity contribution in [3.8, 4) is 0 Å². The average Bonchev–Trinajstić information content (AvgIpc) is 2.61. The molecule has 2 saturated heterocycles. The molecule has 0 aromatic heterocycles. The Morgan fingerprint density at radius 3 is 2.25 bits per heavy atom. The molecule has 2 aliphatic heterocycles. The van der Waals surface area contributed by atoms with Crippen molar-refractivity contribution in [1.29, 1.82) is 0 Å². The fourth-order valence-corrected chi connectivity index (χ4v) is 1.96. The highest BCUT2D eigenvalue weighted by Gasteiger charge is 2.34. The third kappa shape index (κ3) is 3.89. The lowest BCUT2D eigenvalue weighted by atomic mass is 9.99. The van der Waals surface area contributed by atoms with Gasteiger partial charge in [-0.3, -0.25) is 4.79 Å². The number of hydrogen-bond donors (Lipinski definition) is 3. The van der Waals surface area contributed by atoms with E-state index in [2.05, 4.69) is 4.74 Å². The molecule has 0 aromatic carbocycles. The number of nitrogens with zero attached hydrogens (tertiary/aromatic N) is 1. The van der Waals surface area contributed by atoms with Crippen LogP contribution in [0, 0.1) is 0 Å². The quantitative estimate of drug-likeness (QED) is 0.559. The van der Waals surface area contributed by atoms with Crippen LogP contribution in [0.2, 0.25) is 0 Å². The van der Waals surface area contributed by atoms with E-state index in [1.165, 1.54) is 7.05 Å². The first-order valence-corrected chi connectivity index (χ1v) is 6.38. The van der Waals surface area contributed by atoms with Crippen LogP contribution in [-0.2, 0) is 14.3 Å². The lowest BCUT2D eigenvalue weighted by molar-refractivity contribution is -0.174. The smallest absolute Gasteiger partial charge is 0.417 e. The van der Waals surface area contributed by atoms with Crippen molar-refractivity contribution in [3.63, 3.8) is 0 Å². The van der Waals surface area contributed by atoms with Crippen LogP contribution in [0.25, 0.3) is 0 Å². The van der Waals surface area contributed by atoms with Gasteiger partial charge in [0.1, 0.15) is 12.2 Å². The molecule has 3 N–H and O–H groups in total. The number of likely N-dealkylation sites (N-methyl/N-ethyl adjacent to an activating group) is 1. The topological polar surface area (TPSA) is 117 Å². The van der Waals surface area contributed by atoms with Crippen molar-refractivity contribution >= 4 is 12.0 Å². The van der Waals surface area contributed by atoms with Crippen LogP contribution in [0.5, 0.6) is 0 Å². The second kappa shape index (κ2) is 6.98. The minimum Gasteiger partial charge on any atom is -0.436 e. The highest BCUT2D eigenvalue weighted by molar-refractivity contribution is 5.99. The van der Waals surface area contributed by atoms with Crippen molar-refractivity contribution < 1.29 is 34.4 Å². The molecule has 5 atom stereocenters. The van der Waals surface area contributed by atoms with Gasteiger partial charge in [-0.2, -0.15) is 0 Å². The summed E-state index contributed by atoms with van der Waals surface area (Å²) in [5.74, 6) is -0.278. The number of ether oxygens (including phenoxy) is 2. The van der Waals surface area contributed by atoms with Crippen molar-refractivity contribution in [2.45, 2.75) is 50.8 Å². The minimum absolute atomic E-state index is 0.0921. The molecule has 5 unspecified atom stereocenters. The first kappa shape index (κ1) is 16.8. The van der Waals surface area contributed by atoms with Gasteiger partial charge in [0.05, 0.1) is 18.8 Å². The van der Waals surface area contributed by atoms with Crippen molar-refractivity contribution in [3.05, 3.63) is 0 Å². The maximum Gasteiger partial charge on any atom is 0.417 e. The summed E-state index contributed by atoms with van der Waals surface area (Å²) in [5.41, 5.74) is 0. The maximum absolute atomic E-state index is 10.7. The summed E-state index contributed by atoms with van der Waals surface area (Å²) in [5, 5.41) is 27.1. The van der Waals surface area contributed by atoms with E-state index < -0.39 is 30.5 Å². The number of imide groups is 1. The third-order valence-electron chi connectivity index (χ3n) is 3.17. The molecular formula is C12H21NO7. The Morgan fingerprint density at radius 1 is 1.30 bits per heavy atom. The van der Waals surface area contributed by atoms with E-state index in [0.29, 0.717) is 6.42 Å². The molecule has 2 rings (SSSR count). The SMILES string of the molecule is CC1CC(O)C(O)C(CO)O1.CC1OC(=O)N(C)C1=O. The fourth-order valence-electron chi connectivity index (χ4n) is 1.96. The Kier molecular flexibility index (Phi) is 5.88. The van der Waals surface area contributed by atoms with Gasteiger partial charge in [-0.05, 0) is 13.8 Å². The van der Waals surface area contributed by atoms with E-state index in [4.69, 9.17) is 9.84 Å². The molecule has 0 saturated carbocycles. The summed E-state index contributed by atoms with van der Waals surface area (Å²) in [6.07, 6.45) is -3.17. The Bertz CT molecular complexity index is 362. The molecule has 2 aliphatic rings. The van der Waals surface area contributed by atoms with E-state index in [0.717, 1.165) is 4.90 Å². The van der Waals surface area contributed by atoms with Crippen molar-refractivity contribution in [2.24, 2.45) is 0 Å². The van der Waals surface area contributed by atoms with Gasteiger partial charge in [0.15, 0.2) is 6.10 Å². The Labute approximate surface area is 116 Å². The summed E-state index contributed by atoms with van der Waals surface area (Å²) in [6.45, 7) is 3.10. The molecule has 2 heterocycles. The molecule has 2 amide bonds. The van der Waals surface area contributed by atoms with Gasteiger partial charge in [-0.15, -0.1) is 0 Å². The number of aliphatic hydroxyl groups is 3. The zero-order valence-corrected chi connectivity index (χ0v) is 11.7. The highest BCUT2D eigenvalue weighted by Crippen LogP contribution is 2.19. The average molecular weight is 291 g/mol. The molecular weight excluding hydrogens is 270 g/mol. The van der Waals surface area contributed by atoms with E-state index in [1.807, 2.05) is 0 Å². The first-order valence-electron chi connectivity index (χ1n) is 6.38. The van der Waals surface area contributed by atoms with Crippen LogP contribution in [0.15, 0.2) is 0 Å². The monoisotopic (exact) mass is 291 g/mol. The number of carbonyl (C=O) groups is 2. The molecule has 2 fully saturated rings. The van der Waals surface area contributed by atoms with Crippen LogP contribution in [0.1, 0.15) is 20.3 Å². The summed E-state index contributed by atoms with van der Waals surface area (Å²) >= 11 is 0. The van der Waals surface area contributed by atoms with Crippen molar-refractivity contribution in [1.82, 2.24) is 4.90 Å². The van der Waals surface area contributed by atoms with Gasteiger partial charge in [0.25, 0.3) is 5.91 Å². The van der Waals surface area contributed by atoms with Gasteiger partial charge in [0, 0.05) is 13.5 Å². The molecule has 0 spiro atoms.